The Morgan fingerprint density at radius 1 is 1.27 bits per heavy atom. The molecule has 0 bridgehead atoms. The van der Waals surface area contributed by atoms with Crippen molar-refractivity contribution in [3.8, 4) is 0 Å². The van der Waals surface area contributed by atoms with Gasteiger partial charge in [0, 0.05) is 0 Å². The zero-order valence-electron chi connectivity index (χ0n) is 9.06. The van der Waals surface area contributed by atoms with E-state index < -0.39 is 10.1 Å². The van der Waals surface area contributed by atoms with Gasteiger partial charge in [0.2, 0.25) is 0 Å². The van der Waals surface area contributed by atoms with Crippen LogP contribution in [0.5, 0.6) is 0 Å². The molecule has 0 aromatic heterocycles. The molecule has 0 saturated carbocycles. The molecule has 0 radical (unpaired) electrons. The number of hydrogen-bond acceptors (Lipinski definition) is 3. The van der Waals surface area contributed by atoms with Gasteiger partial charge < -0.3 is 4.55 Å². The molecule has 3 nitrogen and oxygen atoms in total. The van der Waals surface area contributed by atoms with Crippen molar-refractivity contribution >= 4 is 10.1 Å². The summed E-state index contributed by atoms with van der Waals surface area (Å²) in [5.41, 5.74) is 0.629. The van der Waals surface area contributed by atoms with Gasteiger partial charge in [0.1, 0.15) is 10.1 Å². The van der Waals surface area contributed by atoms with E-state index in [1.54, 1.807) is 18.2 Å². The molecular formula is C10H13NaO3S. The van der Waals surface area contributed by atoms with E-state index in [0.29, 0.717) is 12.0 Å². The smallest absolute Gasteiger partial charge is 0.744 e. The summed E-state index contributed by atoms with van der Waals surface area (Å²) in [5, 5.41) is 0. The van der Waals surface area contributed by atoms with Gasteiger partial charge in [0.25, 0.3) is 0 Å². The van der Waals surface area contributed by atoms with Gasteiger partial charge in [-0.2, -0.15) is 0 Å². The van der Waals surface area contributed by atoms with Crippen LogP contribution >= 0.6 is 0 Å². The van der Waals surface area contributed by atoms with Crippen molar-refractivity contribution < 1.29 is 42.5 Å². The number of unbranched alkanes of at least 4 members (excludes halogenated alkanes) is 1. The van der Waals surface area contributed by atoms with Crippen molar-refractivity contribution in [1.82, 2.24) is 0 Å². The van der Waals surface area contributed by atoms with Crippen molar-refractivity contribution in [2.24, 2.45) is 0 Å². The predicted octanol–water partition coefficient (Wildman–Crippen LogP) is -1.06. The summed E-state index contributed by atoms with van der Waals surface area (Å²) in [6.45, 7) is 2.02. The quantitative estimate of drug-likeness (QED) is 0.494. The Morgan fingerprint density at radius 2 is 1.87 bits per heavy atom. The fourth-order valence-electron chi connectivity index (χ4n) is 1.32. The fourth-order valence-corrected chi connectivity index (χ4v) is 2.06. The molecule has 0 fully saturated rings. The molecule has 0 spiro atoms. The Balaban J connectivity index is 0.00000196. The zero-order chi connectivity index (χ0) is 10.6. The van der Waals surface area contributed by atoms with E-state index in [4.69, 9.17) is 0 Å². The molecular weight excluding hydrogens is 223 g/mol. The monoisotopic (exact) mass is 236 g/mol. The largest absolute Gasteiger partial charge is 1.00 e. The van der Waals surface area contributed by atoms with Crippen LogP contribution in [0.1, 0.15) is 25.3 Å². The standard InChI is InChI=1S/C10H14O3S.Na/c1-2-3-6-9-7-4-5-8-10(9)14(11,12)13;/h4-5,7-8H,2-3,6H2,1H3,(H,11,12,13);/q;+1/p-1. The first-order valence-electron chi connectivity index (χ1n) is 4.59. The van der Waals surface area contributed by atoms with Crippen molar-refractivity contribution in [1.29, 1.82) is 0 Å². The second kappa shape index (κ2) is 6.66. The maximum Gasteiger partial charge on any atom is 1.00 e. The van der Waals surface area contributed by atoms with Gasteiger partial charge in [-0.05, 0) is 24.5 Å². The summed E-state index contributed by atoms with van der Waals surface area (Å²) in [6.07, 6.45) is 2.52. The molecule has 0 aliphatic heterocycles. The molecule has 5 heteroatoms. The number of hydrogen-bond donors (Lipinski definition) is 0. The SMILES string of the molecule is CCCCc1ccccc1S(=O)(=O)[O-].[Na+]. The summed E-state index contributed by atoms with van der Waals surface area (Å²) in [4.78, 5) is -0.0755. The predicted molar refractivity (Wildman–Crippen MR) is 53.0 cm³/mol. The van der Waals surface area contributed by atoms with Crippen LogP contribution in [-0.2, 0) is 16.5 Å². The van der Waals surface area contributed by atoms with Crippen LogP contribution in [0.15, 0.2) is 29.2 Å². The number of rotatable bonds is 4. The van der Waals surface area contributed by atoms with Crippen molar-refractivity contribution in [3.63, 3.8) is 0 Å². The minimum absolute atomic E-state index is 0. The van der Waals surface area contributed by atoms with E-state index in [-0.39, 0.29) is 34.5 Å². The molecule has 1 aromatic carbocycles. The minimum Gasteiger partial charge on any atom is -0.744 e. The number of aryl methyl sites for hydroxylation is 1. The Hall–Kier alpha value is 0.130. The van der Waals surface area contributed by atoms with E-state index in [2.05, 4.69) is 0 Å². The third-order valence-corrected chi connectivity index (χ3v) is 2.98. The molecule has 78 valence electrons. The van der Waals surface area contributed by atoms with Crippen molar-refractivity contribution in [3.05, 3.63) is 29.8 Å². The average Bonchev–Trinajstić information content (AvgIpc) is 2.14. The van der Waals surface area contributed by atoms with E-state index in [1.165, 1.54) is 6.07 Å². The topological polar surface area (TPSA) is 57.2 Å². The molecule has 0 unspecified atom stereocenters. The first kappa shape index (κ1) is 15.1. The molecule has 1 rings (SSSR count). The van der Waals surface area contributed by atoms with Gasteiger partial charge in [0.15, 0.2) is 0 Å². The van der Waals surface area contributed by atoms with Crippen molar-refractivity contribution in [2.45, 2.75) is 31.1 Å². The summed E-state index contributed by atoms with van der Waals surface area (Å²) in [7, 11) is -4.31. The Kier molecular flexibility index (Phi) is 6.71. The summed E-state index contributed by atoms with van der Waals surface area (Å²) in [6, 6.07) is 6.38. The summed E-state index contributed by atoms with van der Waals surface area (Å²) in [5.74, 6) is 0. The minimum atomic E-state index is -4.31. The van der Waals surface area contributed by atoms with E-state index in [0.717, 1.165) is 12.8 Å². The van der Waals surface area contributed by atoms with Crippen LogP contribution in [0.2, 0.25) is 0 Å². The molecule has 0 aliphatic rings. The van der Waals surface area contributed by atoms with Crippen LogP contribution in [0.25, 0.3) is 0 Å². The van der Waals surface area contributed by atoms with Gasteiger partial charge in [-0.25, -0.2) is 8.42 Å². The van der Waals surface area contributed by atoms with Crippen LogP contribution in [0.4, 0.5) is 0 Å². The van der Waals surface area contributed by atoms with E-state index in [9.17, 15) is 13.0 Å². The molecule has 0 atom stereocenters. The van der Waals surface area contributed by atoms with Crippen LogP contribution in [-0.4, -0.2) is 13.0 Å². The Bertz CT molecular complexity index is 401. The van der Waals surface area contributed by atoms with E-state index >= 15 is 0 Å². The molecule has 0 saturated heterocycles. The molecule has 1 aromatic rings. The molecule has 0 aliphatic carbocycles. The van der Waals surface area contributed by atoms with Gasteiger partial charge in [-0.15, -0.1) is 0 Å². The van der Waals surface area contributed by atoms with Gasteiger partial charge in [0.05, 0.1) is 4.90 Å². The fraction of sp³-hybridized carbons (Fsp3) is 0.400. The summed E-state index contributed by atoms with van der Waals surface area (Å²) >= 11 is 0. The molecule has 15 heavy (non-hydrogen) atoms. The second-order valence-corrected chi connectivity index (χ2v) is 4.51. The van der Waals surface area contributed by atoms with Gasteiger partial charge >= 0.3 is 29.6 Å². The third-order valence-electron chi connectivity index (χ3n) is 2.04. The van der Waals surface area contributed by atoms with Crippen LogP contribution in [0.3, 0.4) is 0 Å². The third kappa shape index (κ3) is 4.66. The van der Waals surface area contributed by atoms with Gasteiger partial charge in [-0.1, -0.05) is 31.5 Å². The molecule has 0 amide bonds. The summed E-state index contributed by atoms with van der Waals surface area (Å²) < 4.78 is 32.6. The molecule has 0 heterocycles. The number of benzene rings is 1. The second-order valence-electron chi connectivity index (χ2n) is 3.17. The van der Waals surface area contributed by atoms with Crippen LogP contribution in [0, 0.1) is 0 Å². The maximum atomic E-state index is 10.9. The van der Waals surface area contributed by atoms with Gasteiger partial charge in [-0.3, -0.25) is 0 Å². The maximum absolute atomic E-state index is 10.9. The first-order valence-corrected chi connectivity index (χ1v) is 6.00. The zero-order valence-corrected chi connectivity index (χ0v) is 11.9. The van der Waals surface area contributed by atoms with Crippen molar-refractivity contribution in [2.75, 3.05) is 0 Å². The molecule has 0 N–H and O–H groups in total. The Labute approximate surface area is 113 Å². The normalized spacial score (nSPS) is 10.8. The van der Waals surface area contributed by atoms with E-state index in [1.807, 2.05) is 6.92 Å². The first-order chi connectivity index (χ1) is 6.55. The Morgan fingerprint density at radius 3 is 2.40 bits per heavy atom. The van der Waals surface area contributed by atoms with Crippen LogP contribution < -0.4 is 29.6 Å². The average molecular weight is 236 g/mol.